The zero-order valence-corrected chi connectivity index (χ0v) is 10.2. The number of rotatable bonds is 3. The van der Waals surface area contributed by atoms with Gasteiger partial charge in [0.15, 0.2) is 11.5 Å². The Morgan fingerprint density at radius 1 is 1.44 bits per heavy atom. The van der Waals surface area contributed by atoms with Gasteiger partial charge in [-0.25, -0.2) is 4.98 Å². The number of aliphatic hydroxyl groups excluding tert-OH is 1. The summed E-state index contributed by atoms with van der Waals surface area (Å²) in [6.45, 7) is -0.619. The Kier molecular flexibility index (Phi) is 4.19. The molecule has 0 unspecified atom stereocenters. The van der Waals surface area contributed by atoms with Crippen LogP contribution in [0.15, 0.2) is 6.20 Å². The summed E-state index contributed by atoms with van der Waals surface area (Å²) in [4.78, 5) is 3.77. The number of hydrogen-bond donors (Lipinski definition) is 1. The number of alkyl halides is 3. The van der Waals surface area contributed by atoms with Crippen molar-refractivity contribution in [1.82, 2.24) is 4.98 Å². The number of ether oxygens (including phenoxy) is 2. The Bertz CT molecular complexity index is 384. The third-order valence-electron chi connectivity index (χ3n) is 1.61. The van der Waals surface area contributed by atoms with E-state index in [9.17, 15) is 13.2 Å². The molecular formula is C8H7F3INO3. The maximum absolute atomic E-state index is 12.1. The van der Waals surface area contributed by atoms with E-state index in [1.54, 1.807) is 22.6 Å². The molecule has 0 bridgehead atoms. The number of aromatic nitrogens is 1. The van der Waals surface area contributed by atoms with Crippen molar-refractivity contribution < 1.29 is 27.8 Å². The summed E-state index contributed by atoms with van der Waals surface area (Å²) in [6, 6.07) is 0. The van der Waals surface area contributed by atoms with Gasteiger partial charge in [-0.15, -0.1) is 13.2 Å². The minimum Gasteiger partial charge on any atom is -0.490 e. The zero-order valence-electron chi connectivity index (χ0n) is 8.01. The molecule has 1 rings (SSSR count). The van der Waals surface area contributed by atoms with Crippen molar-refractivity contribution in [3.8, 4) is 11.5 Å². The van der Waals surface area contributed by atoms with Gasteiger partial charge in [0.2, 0.25) is 0 Å². The molecule has 16 heavy (non-hydrogen) atoms. The summed E-state index contributed by atoms with van der Waals surface area (Å²) in [5, 5.41) is 8.88. The molecule has 0 amide bonds. The molecular weight excluding hydrogens is 342 g/mol. The fraction of sp³-hybridized carbons (Fsp3) is 0.375. The van der Waals surface area contributed by atoms with Crippen LogP contribution in [0.2, 0.25) is 0 Å². The lowest BCUT2D eigenvalue weighted by Crippen LogP contribution is -2.19. The molecule has 0 atom stereocenters. The van der Waals surface area contributed by atoms with Crippen molar-refractivity contribution in [3.63, 3.8) is 0 Å². The summed E-state index contributed by atoms with van der Waals surface area (Å²) in [6.07, 6.45) is -3.74. The molecule has 0 aliphatic rings. The molecule has 0 saturated heterocycles. The van der Waals surface area contributed by atoms with Crippen LogP contribution in [0.1, 0.15) is 5.56 Å². The first kappa shape index (κ1) is 13.3. The molecule has 0 fully saturated rings. The second-order valence-electron chi connectivity index (χ2n) is 2.64. The quantitative estimate of drug-likeness (QED) is 0.671. The maximum atomic E-state index is 12.1. The summed E-state index contributed by atoms with van der Waals surface area (Å²) >= 11 is 1.71. The summed E-state index contributed by atoms with van der Waals surface area (Å²) in [5.41, 5.74) is -0.0883. The molecule has 0 saturated carbocycles. The van der Waals surface area contributed by atoms with Crippen LogP contribution in [0.4, 0.5) is 13.2 Å². The summed E-state index contributed by atoms with van der Waals surface area (Å²) < 4.78 is 45.1. The fourth-order valence-corrected chi connectivity index (χ4v) is 1.61. The first-order chi connectivity index (χ1) is 7.39. The number of aliphatic hydroxyl groups is 1. The lowest BCUT2D eigenvalue weighted by molar-refractivity contribution is -0.275. The number of halogens is 4. The van der Waals surface area contributed by atoms with E-state index in [0.29, 0.717) is 0 Å². The molecule has 0 aliphatic heterocycles. The second-order valence-corrected chi connectivity index (χ2v) is 3.66. The number of nitrogens with zero attached hydrogens (tertiary/aromatic N) is 1. The van der Waals surface area contributed by atoms with E-state index >= 15 is 0 Å². The lowest BCUT2D eigenvalue weighted by Gasteiger charge is -2.15. The van der Waals surface area contributed by atoms with Gasteiger partial charge in [-0.3, -0.25) is 0 Å². The SMILES string of the molecule is COc1c(I)ncc(CO)c1OC(F)(F)F. The molecule has 90 valence electrons. The third kappa shape index (κ3) is 3.11. The van der Waals surface area contributed by atoms with Gasteiger partial charge in [-0.2, -0.15) is 0 Å². The standard InChI is InChI=1S/C8H7F3INO3/c1-15-6-5(16-8(9,10)11)4(3-14)2-13-7(6)12/h2,14H,3H2,1H3. The number of pyridine rings is 1. The van der Waals surface area contributed by atoms with E-state index in [-0.39, 0.29) is 15.0 Å². The zero-order chi connectivity index (χ0) is 12.3. The van der Waals surface area contributed by atoms with Gasteiger partial charge < -0.3 is 14.6 Å². The van der Waals surface area contributed by atoms with Crippen LogP contribution in [-0.2, 0) is 6.61 Å². The molecule has 1 heterocycles. The van der Waals surface area contributed by atoms with Crippen LogP contribution in [0, 0.1) is 3.70 Å². The van der Waals surface area contributed by atoms with Crippen molar-refractivity contribution in [2.45, 2.75) is 13.0 Å². The van der Waals surface area contributed by atoms with E-state index in [0.717, 1.165) is 6.20 Å². The normalized spacial score (nSPS) is 11.4. The highest BCUT2D eigenvalue weighted by Crippen LogP contribution is 2.37. The van der Waals surface area contributed by atoms with Crippen molar-refractivity contribution in [2.75, 3.05) is 7.11 Å². The van der Waals surface area contributed by atoms with Gasteiger partial charge in [-0.1, -0.05) is 0 Å². The largest absolute Gasteiger partial charge is 0.573 e. The van der Waals surface area contributed by atoms with Crippen molar-refractivity contribution >= 4 is 22.6 Å². The van der Waals surface area contributed by atoms with Gasteiger partial charge in [0.1, 0.15) is 3.70 Å². The minimum absolute atomic E-state index is 0.0883. The molecule has 0 aromatic carbocycles. The van der Waals surface area contributed by atoms with Crippen LogP contribution >= 0.6 is 22.6 Å². The van der Waals surface area contributed by atoms with E-state index in [1.165, 1.54) is 7.11 Å². The first-order valence-corrected chi connectivity index (χ1v) is 5.05. The Morgan fingerprint density at radius 2 is 2.06 bits per heavy atom. The predicted octanol–water partition coefficient (Wildman–Crippen LogP) is 2.09. The average Bonchev–Trinajstić information content (AvgIpc) is 2.16. The van der Waals surface area contributed by atoms with Crippen LogP contribution < -0.4 is 9.47 Å². The van der Waals surface area contributed by atoms with E-state index < -0.39 is 18.7 Å². The molecule has 1 aromatic rings. The van der Waals surface area contributed by atoms with Crippen molar-refractivity contribution in [3.05, 3.63) is 15.5 Å². The number of hydrogen-bond acceptors (Lipinski definition) is 4. The molecule has 1 aromatic heterocycles. The highest BCUT2D eigenvalue weighted by Gasteiger charge is 2.34. The molecule has 4 nitrogen and oxygen atoms in total. The minimum atomic E-state index is -4.85. The first-order valence-electron chi connectivity index (χ1n) is 3.97. The highest BCUT2D eigenvalue weighted by molar-refractivity contribution is 14.1. The summed E-state index contributed by atoms with van der Waals surface area (Å²) in [7, 11) is 1.20. The lowest BCUT2D eigenvalue weighted by atomic mass is 10.2. The Balaban J connectivity index is 3.25. The van der Waals surface area contributed by atoms with Crippen LogP contribution in [-0.4, -0.2) is 23.6 Å². The molecule has 8 heteroatoms. The van der Waals surface area contributed by atoms with Crippen LogP contribution in [0.5, 0.6) is 11.5 Å². The van der Waals surface area contributed by atoms with E-state index in [1.807, 2.05) is 0 Å². The van der Waals surface area contributed by atoms with Gasteiger partial charge in [0.05, 0.1) is 13.7 Å². The van der Waals surface area contributed by atoms with Gasteiger partial charge >= 0.3 is 6.36 Å². The topological polar surface area (TPSA) is 51.6 Å². The van der Waals surface area contributed by atoms with E-state index in [4.69, 9.17) is 9.84 Å². The Morgan fingerprint density at radius 3 is 2.50 bits per heavy atom. The summed E-state index contributed by atoms with van der Waals surface area (Å²) in [5.74, 6) is -0.707. The molecule has 1 N–H and O–H groups in total. The van der Waals surface area contributed by atoms with Crippen LogP contribution in [0.3, 0.4) is 0 Å². The van der Waals surface area contributed by atoms with Gasteiger partial charge in [0.25, 0.3) is 0 Å². The Hall–Kier alpha value is -0.770. The van der Waals surface area contributed by atoms with Crippen LogP contribution in [0.25, 0.3) is 0 Å². The second kappa shape index (κ2) is 5.04. The van der Waals surface area contributed by atoms with E-state index in [2.05, 4.69) is 9.72 Å². The molecule has 0 radical (unpaired) electrons. The van der Waals surface area contributed by atoms with Gasteiger partial charge in [0, 0.05) is 11.8 Å². The number of methoxy groups -OCH3 is 1. The predicted molar refractivity (Wildman–Crippen MR) is 56.1 cm³/mol. The fourth-order valence-electron chi connectivity index (χ4n) is 1.01. The highest BCUT2D eigenvalue weighted by atomic mass is 127. The third-order valence-corrected chi connectivity index (χ3v) is 2.38. The Labute approximate surface area is 103 Å². The maximum Gasteiger partial charge on any atom is 0.573 e. The van der Waals surface area contributed by atoms with Crippen molar-refractivity contribution in [2.24, 2.45) is 0 Å². The van der Waals surface area contributed by atoms with Gasteiger partial charge in [-0.05, 0) is 22.6 Å². The smallest absolute Gasteiger partial charge is 0.490 e. The molecule has 0 aliphatic carbocycles. The average molecular weight is 349 g/mol. The van der Waals surface area contributed by atoms with Crippen molar-refractivity contribution in [1.29, 1.82) is 0 Å². The molecule has 0 spiro atoms. The monoisotopic (exact) mass is 349 g/mol.